The molecule has 0 aromatic carbocycles. The van der Waals surface area contributed by atoms with Crippen molar-refractivity contribution >= 4 is 5.96 Å². The van der Waals surface area contributed by atoms with Gasteiger partial charge in [0.05, 0.1) is 0 Å². The van der Waals surface area contributed by atoms with Crippen LogP contribution in [0.3, 0.4) is 0 Å². The Kier molecular flexibility index (Phi) is 5.60. The van der Waals surface area contributed by atoms with Gasteiger partial charge in [-0.2, -0.15) is 0 Å². The third kappa shape index (κ3) is 4.00. The van der Waals surface area contributed by atoms with Crippen molar-refractivity contribution in [1.82, 2.24) is 10.3 Å². The molecule has 0 radical (unpaired) electrons. The molecule has 1 saturated heterocycles. The quantitative estimate of drug-likeness (QED) is 0.331. The molecule has 1 heterocycles. The van der Waals surface area contributed by atoms with E-state index in [0.717, 1.165) is 31.5 Å². The lowest BCUT2D eigenvalue weighted by Crippen LogP contribution is -2.44. The minimum atomic E-state index is 0.581. The monoisotopic (exact) mass is 226 g/mol. The Bertz CT molecular complexity index is 225. The van der Waals surface area contributed by atoms with Crippen molar-refractivity contribution in [3.8, 4) is 0 Å². The summed E-state index contributed by atoms with van der Waals surface area (Å²) in [4.78, 5) is 6.81. The molecule has 0 bridgehead atoms. The molecule has 0 saturated carbocycles. The van der Waals surface area contributed by atoms with Gasteiger partial charge >= 0.3 is 0 Å². The number of hydrogen-bond donors (Lipinski definition) is 2. The summed E-state index contributed by atoms with van der Waals surface area (Å²) in [5.41, 5.74) is 2.74. The van der Waals surface area contributed by atoms with Crippen molar-refractivity contribution in [2.75, 3.05) is 19.6 Å². The van der Waals surface area contributed by atoms with Crippen LogP contribution in [0.1, 0.15) is 40.0 Å². The number of nitrogens with zero attached hydrogens (tertiary/aromatic N) is 2. The van der Waals surface area contributed by atoms with Gasteiger partial charge in [0.25, 0.3) is 0 Å². The Morgan fingerprint density at radius 1 is 1.56 bits per heavy atom. The minimum Gasteiger partial charge on any atom is -0.342 e. The van der Waals surface area contributed by atoms with Gasteiger partial charge in [-0.1, -0.05) is 27.2 Å². The van der Waals surface area contributed by atoms with Gasteiger partial charge in [-0.3, -0.25) is 10.4 Å². The molecule has 1 aliphatic rings. The van der Waals surface area contributed by atoms with Crippen LogP contribution < -0.4 is 11.3 Å². The molecule has 1 unspecified atom stereocenters. The van der Waals surface area contributed by atoms with Crippen LogP contribution in [-0.2, 0) is 0 Å². The lowest BCUT2D eigenvalue weighted by atomic mass is 10.0. The average molecular weight is 226 g/mol. The van der Waals surface area contributed by atoms with Gasteiger partial charge in [0.1, 0.15) is 0 Å². The highest BCUT2D eigenvalue weighted by atomic mass is 15.4. The molecule has 1 aliphatic heterocycles. The first-order valence-corrected chi connectivity index (χ1v) is 6.43. The summed E-state index contributed by atoms with van der Waals surface area (Å²) in [6, 6.07) is 0. The summed E-state index contributed by atoms with van der Waals surface area (Å²) in [5, 5.41) is 0. The number of hydrogen-bond acceptors (Lipinski definition) is 2. The van der Waals surface area contributed by atoms with Crippen molar-refractivity contribution in [1.29, 1.82) is 0 Å². The Hall–Kier alpha value is -0.770. The van der Waals surface area contributed by atoms with E-state index < -0.39 is 0 Å². The maximum absolute atomic E-state index is 5.54. The van der Waals surface area contributed by atoms with Crippen LogP contribution in [0, 0.1) is 11.8 Å². The predicted molar refractivity (Wildman–Crippen MR) is 69.1 cm³/mol. The highest BCUT2D eigenvalue weighted by molar-refractivity contribution is 5.79. The van der Waals surface area contributed by atoms with Gasteiger partial charge in [-0.05, 0) is 24.7 Å². The number of rotatable bonds is 4. The molecule has 1 fully saturated rings. The maximum Gasteiger partial charge on any atom is 0.208 e. The summed E-state index contributed by atoms with van der Waals surface area (Å²) >= 11 is 0. The second-order valence-corrected chi connectivity index (χ2v) is 5.09. The van der Waals surface area contributed by atoms with Crippen LogP contribution >= 0.6 is 0 Å². The first kappa shape index (κ1) is 13.3. The molecule has 94 valence electrons. The Labute approximate surface area is 99.3 Å². The van der Waals surface area contributed by atoms with Gasteiger partial charge in [0.15, 0.2) is 0 Å². The molecular formula is C12H26N4. The minimum absolute atomic E-state index is 0.581. The summed E-state index contributed by atoms with van der Waals surface area (Å²) in [6.45, 7) is 9.62. The molecule has 0 aromatic rings. The number of guanidine groups is 1. The van der Waals surface area contributed by atoms with Gasteiger partial charge in [0.2, 0.25) is 5.96 Å². The van der Waals surface area contributed by atoms with E-state index in [2.05, 4.69) is 36.1 Å². The third-order valence-electron chi connectivity index (χ3n) is 3.02. The molecule has 4 nitrogen and oxygen atoms in total. The summed E-state index contributed by atoms with van der Waals surface area (Å²) in [7, 11) is 0. The highest BCUT2D eigenvalue weighted by Crippen LogP contribution is 2.20. The van der Waals surface area contributed by atoms with Crippen molar-refractivity contribution in [2.24, 2.45) is 22.7 Å². The lowest BCUT2D eigenvalue weighted by molar-refractivity contribution is 0.443. The van der Waals surface area contributed by atoms with Gasteiger partial charge in [0, 0.05) is 19.6 Å². The van der Waals surface area contributed by atoms with E-state index in [-0.39, 0.29) is 0 Å². The zero-order chi connectivity index (χ0) is 12.0. The van der Waals surface area contributed by atoms with Gasteiger partial charge in [-0.25, -0.2) is 5.84 Å². The molecule has 4 heteroatoms. The molecule has 0 spiro atoms. The molecule has 1 atom stereocenters. The largest absolute Gasteiger partial charge is 0.342 e. The number of likely N-dealkylation sites (tertiary alicyclic amines) is 1. The van der Waals surface area contributed by atoms with E-state index in [1.807, 2.05) is 0 Å². The van der Waals surface area contributed by atoms with Crippen LogP contribution in [0.5, 0.6) is 0 Å². The van der Waals surface area contributed by atoms with Crippen molar-refractivity contribution in [2.45, 2.75) is 40.0 Å². The Morgan fingerprint density at radius 2 is 2.31 bits per heavy atom. The fourth-order valence-corrected chi connectivity index (χ4v) is 2.17. The van der Waals surface area contributed by atoms with E-state index in [1.54, 1.807) is 0 Å². The Morgan fingerprint density at radius 3 is 2.88 bits per heavy atom. The molecule has 0 aliphatic carbocycles. The lowest BCUT2D eigenvalue weighted by Gasteiger charge is -2.20. The van der Waals surface area contributed by atoms with Crippen LogP contribution in [0.15, 0.2) is 4.99 Å². The first-order valence-electron chi connectivity index (χ1n) is 6.43. The van der Waals surface area contributed by atoms with E-state index in [0.29, 0.717) is 5.92 Å². The van der Waals surface area contributed by atoms with Crippen molar-refractivity contribution < 1.29 is 0 Å². The van der Waals surface area contributed by atoms with Crippen LogP contribution in [0.25, 0.3) is 0 Å². The van der Waals surface area contributed by atoms with E-state index in [1.165, 1.54) is 19.3 Å². The summed E-state index contributed by atoms with van der Waals surface area (Å²) in [5.74, 6) is 7.81. The van der Waals surface area contributed by atoms with E-state index in [4.69, 9.17) is 5.84 Å². The highest BCUT2D eigenvalue weighted by Gasteiger charge is 2.23. The fraction of sp³-hybridized carbons (Fsp3) is 0.917. The standard InChI is InChI=1S/C12H26N4/c1-4-5-11-6-7-16(9-11)12(15-13)14-8-10(2)3/h10-11H,4-9,13H2,1-3H3,(H,14,15). The van der Waals surface area contributed by atoms with Crippen LogP contribution in [0.2, 0.25) is 0 Å². The van der Waals surface area contributed by atoms with E-state index >= 15 is 0 Å². The normalized spacial score (nSPS) is 21.9. The number of aliphatic imine (C=N–C) groups is 1. The predicted octanol–water partition coefficient (Wildman–Crippen LogP) is 1.58. The SMILES string of the molecule is CCCC1CCN(C(=NCC(C)C)NN)C1. The Balaban J connectivity index is 2.45. The van der Waals surface area contributed by atoms with Gasteiger partial charge in [-0.15, -0.1) is 0 Å². The zero-order valence-corrected chi connectivity index (χ0v) is 10.9. The first-order chi connectivity index (χ1) is 7.67. The molecule has 0 aromatic heterocycles. The zero-order valence-electron chi connectivity index (χ0n) is 10.9. The average Bonchev–Trinajstić information content (AvgIpc) is 2.68. The van der Waals surface area contributed by atoms with Crippen molar-refractivity contribution in [3.63, 3.8) is 0 Å². The smallest absolute Gasteiger partial charge is 0.208 e. The molecular weight excluding hydrogens is 200 g/mol. The van der Waals surface area contributed by atoms with E-state index in [9.17, 15) is 0 Å². The fourth-order valence-electron chi connectivity index (χ4n) is 2.17. The third-order valence-corrected chi connectivity index (χ3v) is 3.02. The van der Waals surface area contributed by atoms with Crippen molar-refractivity contribution in [3.05, 3.63) is 0 Å². The summed E-state index contributed by atoms with van der Waals surface area (Å²) in [6.07, 6.45) is 3.86. The molecule has 3 N–H and O–H groups in total. The van der Waals surface area contributed by atoms with Crippen LogP contribution in [0.4, 0.5) is 0 Å². The molecule has 16 heavy (non-hydrogen) atoms. The van der Waals surface area contributed by atoms with Crippen LogP contribution in [-0.4, -0.2) is 30.5 Å². The number of nitrogens with one attached hydrogen (secondary N) is 1. The number of hydrazine groups is 1. The maximum atomic E-state index is 5.54. The second-order valence-electron chi connectivity index (χ2n) is 5.09. The molecule has 1 rings (SSSR count). The second kappa shape index (κ2) is 6.74. The number of nitrogens with two attached hydrogens (primary N) is 1. The summed E-state index contributed by atoms with van der Waals surface area (Å²) < 4.78 is 0. The topological polar surface area (TPSA) is 53.6 Å². The molecule has 0 amide bonds. The van der Waals surface area contributed by atoms with Gasteiger partial charge < -0.3 is 4.90 Å².